The van der Waals surface area contributed by atoms with Gasteiger partial charge in [-0.3, -0.25) is 9.59 Å². The van der Waals surface area contributed by atoms with Crippen molar-refractivity contribution in [2.45, 2.75) is 19.8 Å². The number of piperidine rings is 1. The number of furan rings is 1. The fraction of sp³-hybridized carbons (Fsp3) is 0.333. The molecule has 4 nitrogen and oxygen atoms in total. The maximum Gasteiger partial charge on any atom is 0.289 e. The van der Waals surface area contributed by atoms with Gasteiger partial charge in [0, 0.05) is 31.3 Å². The molecular formula is C15H15NO3. The van der Waals surface area contributed by atoms with Crippen LogP contribution in [-0.4, -0.2) is 29.7 Å². The Bertz CT molecular complexity index is 646. The molecule has 1 aromatic heterocycles. The van der Waals surface area contributed by atoms with Crippen molar-refractivity contribution < 1.29 is 14.0 Å². The van der Waals surface area contributed by atoms with Gasteiger partial charge in [0.05, 0.1) is 0 Å². The lowest BCUT2D eigenvalue weighted by molar-refractivity contribution is -0.120. The minimum atomic E-state index is -0.124. The van der Waals surface area contributed by atoms with Crippen LogP contribution in [0.25, 0.3) is 11.0 Å². The molecule has 19 heavy (non-hydrogen) atoms. The molecule has 1 aliphatic rings. The number of aryl methyl sites for hydroxylation is 1. The fourth-order valence-corrected chi connectivity index (χ4v) is 2.36. The van der Waals surface area contributed by atoms with Gasteiger partial charge < -0.3 is 9.32 Å². The van der Waals surface area contributed by atoms with E-state index < -0.39 is 0 Å². The van der Waals surface area contributed by atoms with E-state index in [0.717, 1.165) is 16.5 Å². The molecule has 1 aromatic carbocycles. The molecular weight excluding hydrogens is 242 g/mol. The van der Waals surface area contributed by atoms with E-state index >= 15 is 0 Å². The zero-order chi connectivity index (χ0) is 13.4. The number of nitrogens with zero attached hydrogens (tertiary/aromatic N) is 1. The van der Waals surface area contributed by atoms with Crippen LogP contribution < -0.4 is 0 Å². The Labute approximate surface area is 111 Å². The maximum atomic E-state index is 12.3. The molecule has 4 heteroatoms. The second kappa shape index (κ2) is 4.53. The number of ketones is 1. The largest absolute Gasteiger partial charge is 0.451 e. The van der Waals surface area contributed by atoms with Gasteiger partial charge in [0.25, 0.3) is 5.91 Å². The molecule has 0 bridgehead atoms. The number of carbonyl (C=O) groups is 2. The van der Waals surface area contributed by atoms with Crippen LogP contribution in [0.3, 0.4) is 0 Å². The smallest absolute Gasteiger partial charge is 0.289 e. The number of carbonyl (C=O) groups excluding carboxylic acids is 2. The third-order valence-corrected chi connectivity index (χ3v) is 3.49. The van der Waals surface area contributed by atoms with Crippen molar-refractivity contribution >= 4 is 22.7 Å². The van der Waals surface area contributed by atoms with Gasteiger partial charge in [-0.2, -0.15) is 0 Å². The molecule has 1 amide bonds. The molecule has 1 fully saturated rings. The van der Waals surface area contributed by atoms with Gasteiger partial charge in [-0.05, 0) is 24.6 Å². The Kier molecular flexibility index (Phi) is 2.85. The minimum absolute atomic E-state index is 0.124. The highest BCUT2D eigenvalue weighted by atomic mass is 16.3. The lowest BCUT2D eigenvalue weighted by Gasteiger charge is -2.24. The topological polar surface area (TPSA) is 50.5 Å². The molecule has 98 valence electrons. The van der Waals surface area contributed by atoms with Gasteiger partial charge in [0.1, 0.15) is 11.4 Å². The number of amides is 1. The Balaban J connectivity index is 1.87. The van der Waals surface area contributed by atoms with E-state index in [1.54, 1.807) is 11.0 Å². The quantitative estimate of drug-likeness (QED) is 0.788. The van der Waals surface area contributed by atoms with Gasteiger partial charge >= 0.3 is 0 Å². The predicted octanol–water partition coefficient (Wildman–Crippen LogP) is 2.55. The van der Waals surface area contributed by atoms with E-state index in [9.17, 15) is 9.59 Å². The first-order chi connectivity index (χ1) is 9.13. The van der Waals surface area contributed by atoms with E-state index in [-0.39, 0.29) is 11.7 Å². The summed E-state index contributed by atoms with van der Waals surface area (Å²) in [6.07, 6.45) is 0.899. The number of rotatable bonds is 1. The van der Waals surface area contributed by atoms with Crippen LogP contribution in [0, 0.1) is 6.92 Å². The van der Waals surface area contributed by atoms with Gasteiger partial charge in [0.15, 0.2) is 5.76 Å². The molecule has 0 aliphatic carbocycles. The zero-order valence-corrected chi connectivity index (χ0v) is 10.8. The van der Waals surface area contributed by atoms with Gasteiger partial charge in [-0.15, -0.1) is 0 Å². The van der Waals surface area contributed by atoms with Crippen LogP contribution in [0.1, 0.15) is 29.0 Å². The summed E-state index contributed by atoms with van der Waals surface area (Å²) in [6, 6.07) is 7.63. The first kappa shape index (κ1) is 12.0. The summed E-state index contributed by atoms with van der Waals surface area (Å²) in [5.41, 5.74) is 1.83. The molecule has 1 saturated heterocycles. The number of hydrogen-bond donors (Lipinski definition) is 0. The third kappa shape index (κ3) is 2.26. The van der Waals surface area contributed by atoms with Crippen molar-refractivity contribution in [2.24, 2.45) is 0 Å². The number of benzene rings is 1. The summed E-state index contributed by atoms with van der Waals surface area (Å²) in [5, 5.41) is 0.932. The van der Waals surface area contributed by atoms with Crippen molar-refractivity contribution in [1.29, 1.82) is 0 Å². The van der Waals surface area contributed by atoms with Crippen LogP contribution in [0.2, 0.25) is 0 Å². The van der Waals surface area contributed by atoms with E-state index in [2.05, 4.69) is 0 Å². The van der Waals surface area contributed by atoms with Crippen molar-refractivity contribution in [3.8, 4) is 0 Å². The first-order valence-corrected chi connectivity index (χ1v) is 6.45. The summed E-state index contributed by atoms with van der Waals surface area (Å²) >= 11 is 0. The lowest BCUT2D eigenvalue weighted by Crippen LogP contribution is -2.38. The summed E-state index contributed by atoms with van der Waals surface area (Å²) in [4.78, 5) is 25.2. The van der Waals surface area contributed by atoms with Crippen molar-refractivity contribution in [1.82, 2.24) is 4.90 Å². The summed E-state index contributed by atoms with van der Waals surface area (Å²) < 4.78 is 5.61. The molecule has 0 spiro atoms. The summed E-state index contributed by atoms with van der Waals surface area (Å²) in [7, 11) is 0. The second-order valence-electron chi connectivity index (χ2n) is 4.98. The molecule has 0 atom stereocenters. The number of hydrogen-bond acceptors (Lipinski definition) is 3. The highest BCUT2D eigenvalue weighted by Crippen LogP contribution is 2.22. The molecule has 2 aromatic rings. The Morgan fingerprint density at radius 2 is 1.95 bits per heavy atom. The molecule has 3 rings (SSSR count). The molecule has 1 aliphatic heterocycles. The van der Waals surface area contributed by atoms with Crippen LogP contribution in [0.5, 0.6) is 0 Å². The van der Waals surface area contributed by atoms with Gasteiger partial charge in [-0.25, -0.2) is 0 Å². The lowest BCUT2D eigenvalue weighted by atomic mass is 10.1. The first-order valence-electron chi connectivity index (χ1n) is 6.45. The molecule has 0 unspecified atom stereocenters. The highest BCUT2D eigenvalue weighted by molar-refractivity contribution is 5.97. The normalized spacial score (nSPS) is 16.1. The van der Waals surface area contributed by atoms with Crippen LogP contribution in [-0.2, 0) is 4.79 Å². The molecule has 0 saturated carbocycles. The Hall–Kier alpha value is -2.10. The van der Waals surface area contributed by atoms with E-state index in [1.165, 1.54) is 0 Å². The number of likely N-dealkylation sites (tertiary alicyclic amines) is 1. The predicted molar refractivity (Wildman–Crippen MR) is 71.1 cm³/mol. The SMILES string of the molecule is Cc1ccc2cc(C(=O)N3CCC(=O)CC3)oc2c1. The third-order valence-electron chi connectivity index (χ3n) is 3.49. The van der Waals surface area contributed by atoms with Crippen LogP contribution >= 0.6 is 0 Å². The zero-order valence-electron chi connectivity index (χ0n) is 10.8. The Morgan fingerprint density at radius 3 is 2.68 bits per heavy atom. The van der Waals surface area contributed by atoms with Gasteiger partial charge in [-0.1, -0.05) is 12.1 Å². The van der Waals surface area contributed by atoms with Gasteiger partial charge in [0.2, 0.25) is 0 Å². The number of fused-ring (bicyclic) bond motifs is 1. The van der Waals surface area contributed by atoms with Crippen molar-refractivity contribution in [3.63, 3.8) is 0 Å². The Morgan fingerprint density at radius 1 is 1.21 bits per heavy atom. The monoisotopic (exact) mass is 257 g/mol. The minimum Gasteiger partial charge on any atom is -0.451 e. The summed E-state index contributed by atoms with van der Waals surface area (Å²) in [6.45, 7) is 2.97. The van der Waals surface area contributed by atoms with E-state index in [0.29, 0.717) is 31.7 Å². The average Bonchev–Trinajstić information content (AvgIpc) is 2.81. The molecule has 0 N–H and O–H groups in total. The van der Waals surface area contributed by atoms with E-state index in [4.69, 9.17) is 4.42 Å². The van der Waals surface area contributed by atoms with Crippen LogP contribution in [0.15, 0.2) is 28.7 Å². The second-order valence-corrected chi connectivity index (χ2v) is 4.98. The van der Waals surface area contributed by atoms with Crippen LogP contribution in [0.4, 0.5) is 0 Å². The number of Topliss-reactive ketones (excluding diaryl/α,β-unsaturated/α-hetero) is 1. The van der Waals surface area contributed by atoms with Crippen molar-refractivity contribution in [2.75, 3.05) is 13.1 Å². The molecule has 2 heterocycles. The van der Waals surface area contributed by atoms with Crippen molar-refractivity contribution in [3.05, 3.63) is 35.6 Å². The standard InChI is InChI=1S/C15H15NO3/c1-10-2-3-11-9-14(19-13(11)8-10)15(18)16-6-4-12(17)5-7-16/h2-3,8-9H,4-7H2,1H3. The fourth-order valence-electron chi connectivity index (χ4n) is 2.36. The van der Waals surface area contributed by atoms with E-state index in [1.807, 2.05) is 25.1 Å². The molecule has 0 radical (unpaired) electrons. The average molecular weight is 257 g/mol. The maximum absolute atomic E-state index is 12.3. The highest BCUT2D eigenvalue weighted by Gasteiger charge is 2.24. The summed E-state index contributed by atoms with van der Waals surface area (Å²) in [5.74, 6) is 0.459.